The van der Waals surface area contributed by atoms with Crippen molar-refractivity contribution < 1.29 is 5.11 Å². The van der Waals surface area contributed by atoms with Crippen molar-refractivity contribution >= 4 is 23.2 Å². The van der Waals surface area contributed by atoms with Gasteiger partial charge in [0.1, 0.15) is 12.4 Å². The molecule has 2 aromatic heterocycles. The average Bonchev–Trinajstić information content (AvgIpc) is 2.92. The molecule has 1 aliphatic rings. The zero-order valence-corrected chi connectivity index (χ0v) is 14.4. The predicted molar refractivity (Wildman–Crippen MR) is 88.4 cm³/mol. The summed E-state index contributed by atoms with van der Waals surface area (Å²) < 4.78 is 1.89. The van der Waals surface area contributed by atoms with Gasteiger partial charge in [0.25, 0.3) is 0 Å². The Morgan fingerprint density at radius 2 is 2.00 bits per heavy atom. The number of piperidine rings is 1. The van der Waals surface area contributed by atoms with Crippen molar-refractivity contribution in [1.29, 1.82) is 0 Å². The highest BCUT2D eigenvalue weighted by molar-refractivity contribution is 6.35. The standard InChI is InChI=1S/C15H19Cl2N5O/c1-21-14(9-23)19-20-15(21)10-3-2-4-22(7-10)8-11-12(16)5-18-6-13(11)17/h5-6,10,23H,2-4,7-9H2,1H3. The quantitative estimate of drug-likeness (QED) is 0.911. The number of nitrogens with zero attached hydrogens (tertiary/aromatic N) is 5. The molecular formula is C15H19Cl2N5O. The molecule has 124 valence electrons. The summed E-state index contributed by atoms with van der Waals surface area (Å²) in [5.74, 6) is 1.81. The van der Waals surface area contributed by atoms with Gasteiger partial charge in [-0.3, -0.25) is 9.88 Å². The summed E-state index contributed by atoms with van der Waals surface area (Å²) in [6.07, 6.45) is 5.39. The number of hydrogen-bond acceptors (Lipinski definition) is 5. The summed E-state index contributed by atoms with van der Waals surface area (Å²) in [5, 5.41) is 18.8. The minimum absolute atomic E-state index is 0.0951. The molecule has 0 aliphatic carbocycles. The van der Waals surface area contributed by atoms with E-state index in [1.165, 1.54) is 0 Å². The van der Waals surface area contributed by atoms with Crippen LogP contribution in [0.25, 0.3) is 0 Å². The van der Waals surface area contributed by atoms with Gasteiger partial charge in [0.2, 0.25) is 0 Å². The molecule has 3 heterocycles. The van der Waals surface area contributed by atoms with Crippen molar-refractivity contribution in [2.45, 2.75) is 31.9 Å². The van der Waals surface area contributed by atoms with Gasteiger partial charge in [-0.1, -0.05) is 23.2 Å². The smallest absolute Gasteiger partial charge is 0.158 e. The molecule has 0 amide bonds. The van der Waals surface area contributed by atoms with Gasteiger partial charge in [-0.15, -0.1) is 10.2 Å². The van der Waals surface area contributed by atoms with E-state index < -0.39 is 0 Å². The van der Waals surface area contributed by atoms with E-state index in [-0.39, 0.29) is 6.61 Å². The third kappa shape index (κ3) is 3.50. The number of likely N-dealkylation sites (tertiary alicyclic amines) is 1. The summed E-state index contributed by atoms with van der Waals surface area (Å²) in [5.41, 5.74) is 0.915. The molecule has 1 N–H and O–H groups in total. The number of hydrogen-bond donors (Lipinski definition) is 1. The summed E-state index contributed by atoms with van der Waals surface area (Å²) >= 11 is 12.4. The Bertz CT molecular complexity index is 670. The van der Waals surface area contributed by atoms with Gasteiger partial charge >= 0.3 is 0 Å². The molecule has 0 spiro atoms. The molecule has 1 saturated heterocycles. The van der Waals surface area contributed by atoms with Crippen LogP contribution in [0, 0.1) is 0 Å². The molecule has 1 unspecified atom stereocenters. The Balaban J connectivity index is 1.74. The maximum atomic E-state index is 9.27. The number of aliphatic hydroxyl groups is 1. The van der Waals surface area contributed by atoms with Crippen LogP contribution in [-0.4, -0.2) is 42.8 Å². The second-order valence-electron chi connectivity index (χ2n) is 5.85. The van der Waals surface area contributed by atoms with E-state index in [4.69, 9.17) is 23.2 Å². The first-order valence-electron chi connectivity index (χ1n) is 7.59. The van der Waals surface area contributed by atoms with Gasteiger partial charge < -0.3 is 9.67 Å². The average molecular weight is 356 g/mol. The molecule has 0 aromatic carbocycles. The molecule has 6 nitrogen and oxygen atoms in total. The fourth-order valence-corrected chi connectivity index (χ4v) is 3.58. The van der Waals surface area contributed by atoms with Gasteiger partial charge in [-0.2, -0.15) is 0 Å². The molecule has 0 radical (unpaired) electrons. The minimum atomic E-state index is -0.0951. The van der Waals surface area contributed by atoms with Crippen LogP contribution in [0.3, 0.4) is 0 Å². The molecule has 1 aliphatic heterocycles. The molecule has 23 heavy (non-hydrogen) atoms. The third-order valence-electron chi connectivity index (χ3n) is 4.34. The molecule has 3 rings (SSSR count). The van der Waals surface area contributed by atoms with Crippen LogP contribution in [0.5, 0.6) is 0 Å². The Labute approximate surface area is 145 Å². The van der Waals surface area contributed by atoms with E-state index in [0.717, 1.165) is 37.3 Å². The van der Waals surface area contributed by atoms with E-state index in [0.29, 0.717) is 28.3 Å². The molecular weight excluding hydrogens is 337 g/mol. The van der Waals surface area contributed by atoms with Gasteiger partial charge in [0.15, 0.2) is 5.82 Å². The summed E-state index contributed by atoms with van der Waals surface area (Å²) in [7, 11) is 1.90. The van der Waals surface area contributed by atoms with Crippen molar-refractivity contribution in [3.63, 3.8) is 0 Å². The number of pyridine rings is 1. The van der Waals surface area contributed by atoms with E-state index in [2.05, 4.69) is 20.1 Å². The lowest BCUT2D eigenvalue weighted by atomic mass is 9.96. The van der Waals surface area contributed by atoms with E-state index in [9.17, 15) is 5.11 Å². The lowest BCUT2D eigenvalue weighted by molar-refractivity contribution is 0.194. The van der Waals surface area contributed by atoms with Crippen LogP contribution in [0.15, 0.2) is 12.4 Å². The summed E-state index contributed by atoms with van der Waals surface area (Å²) in [6, 6.07) is 0. The lowest BCUT2D eigenvalue weighted by Gasteiger charge is -2.32. The van der Waals surface area contributed by atoms with Crippen molar-refractivity contribution in [3.8, 4) is 0 Å². The lowest BCUT2D eigenvalue weighted by Crippen LogP contribution is -2.35. The highest BCUT2D eigenvalue weighted by Crippen LogP contribution is 2.30. The van der Waals surface area contributed by atoms with E-state index in [1.807, 2.05) is 11.6 Å². The van der Waals surface area contributed by atoms with Gasteiger partial charge in [-0.05, 0) is 19.4 Å². The number of halogens is 2. The SMILES string of the molecule is Cn1c(CO)nnc1C1CCCN(Cc2c(Cl)cncc2Cl)C1. The minimum Gasteiger partial charge on any atom is -0.388 e. The fraction of sp³-hybridized carbons (Fsp3) is 0.533. The Kier molecular flexibility index (Phi) is 5.16. The monoisotopic (exact) mass is 355 g/mol. The van der Waals surface area contributed by atoms with Crippen LogP contribution >= 0.6 is 23.2 Å². The van der Waals surface area contributed by atoms with Crippen molar-refractivity contribution in [1.82, 2.24) is 24.6 Å². The Hall–Kier alpha value is -1.21. The topological polar surface area (TPSA) is 67.1 Å². The molecule has 0 bridgehead atoms. The van der Waals surface area contributed by atoms with Crippen LogP contribution in [0.1, 0.15) is 36.0 Å². The molecule has 1 atom stereocenters. The van der Waals surface area contributed by atoms with Gasteiger partial charge in [-0.25, -0.2) is 0 Å². The summed E-state index contributed by atoms with van der Waals surface area (Å²) in [4.78, 5) is 6.32. The second kappa shape index (κ2) is 7.13. The maximum Gasteiger partial charge on any atom is 0.158 e. The molecule has 8 heteroatoms. The number of aromatic nitrogens is 4. The van der Waals surface area contributed by atoms with Gasteiger partial charge in [0.05, 0.1) is 10.0 Å². The van der Waals surface area contributed by atoms with E-state index in [1.54, 1.807) is 12.4 Å². The Morgan fingerprint density at radius 1 is 1.26 bits per heavy atom. The first-order valence-corrected chi connectivity index (χ1v) is 8.35. The van der Waals surface area contributed by atoms with Crippen LogP contribution < -0.4 is 0 Å². The molecule has 1 fully saturated rings. The fourth-order valence-electron chi connectivity index (χ4n) is 3.09. The molecule has 0 saturated carbocycles. The van der Waals surface area contributed by atoms with E-state index >= 15 is 0 Å². The largest absolute Gasteiger partial charge is 0.388 e. The van der Waals surface area contributed by atoms with Crippen LogP contribution in [-0.2, 0) is 20.2 Å². The first kappa shape index (κ1) is 16.6. The van der Waals surface area contributed by atoms with Crippen molar-refractivity contribution in [3.05, 3.63) is 39.7 Å². The normalized spacial score (nSPS) is 19.2. The summed E-state index contributed by atoms with van der Waals surface area (Å²) in [6.45, 7) is 2.46. The number of aliphatic hydroxyl groups excluding tert-OH is 1. The zero-order valence-electron chi connectivity index (χ0n) is 12.9. The first-order chi connectivity index (χ1) is 11.1. The molecule has 2 aromatic rings. The van der Waals surface area contributed by atoms with Crippen LogP contribution in [0.2, 0.25) is 10.0 Å². The third-order valence-corrected chi connectivity index (χ3v) is 5.00. The highest BCUT2D eigenvalue weighted by atomic mass is 35.5. The predicted octanol–water partition coefficient (Wildman–Crippen LogP) is 2.39. The maximum absolute atomic E-state index is 9.27. The number of rotatable bonds is 4. The van der Waals surface area contributed by atoms with Crippen LogP contribution in [0.4, 0.5) is 0 Å². The Morgan fingerprint density at radius 3 is 2.65 bits per heavy atom. The second-order valence-corrected chi connectivity index (χ2v) is 6.66. The highest BCUT2D eigenvalue weighted by Gasteiger charge is 2.26. The van der Waals surface area contributed by atoms with Crippen molar-refractivity contribution in [2.75, 3.05) is 13.1 Å². The van der Waals surface area contributed by atoms with Crippen molar-refractivity contribution in [2.24, 2.45) is 7.05 Å². The zero-order chi connectivity index (χ0) is 16.4. The van der Waals surface area contributed by atoms with Gasteiger partial charge in [0, 0.05) is 44.0 Å².